The van der Waals surface area contributed by atoms with Crippen LogP contribution < -0.4 is 10.1 Å². The molecule has 2 N–H and O–H groups in total. The topological polar surface area (TPSA) is 84.9 Å². The van der Waals surface area contributed by atoms with E-state index in [1.165, 1.54) is 0 Å². The molecule has 0 bridgehead atoms. The summed E-state index contributed by atoms with van der Waals surface area (Å²) in [7, 11) is 0. The molecule has 1 amide bonds. The molecule has 162 valence electrons. The van der Waals surface area contributed by atoms with Crippen molar-refractivity contribution >= 4 is 12.1 Å². The number of amides is 1. The van der Waals surface area contributed by atoms with Gasteiger partial charge in [0.25, 0.3) is 0 Å². The largest absolute Gasteiger partial charge is 0.494 e. The van der Waals surface area contributed by atoms with Gasteiger partial charge in [-0.2, -0.15) is 0 Å². The normalized spacial score (nSPS) is 12.1. The number of carboxylic acids is 1. The number of rotatable bonds is 10. The van der Waals surface area contributed by atoms with Crippen LogP contribution >= 0.6 is 0 Å². The number of alkyl carbamates (subject to hydrolysis) is 1. The third kappa shape index (κ3) is 8.99. The van der Waals surface area contributed by atoms with Crippen LogP contribution in [0.1, 0.15) is 50.7 Å². The van der Waals surface area contributed by atoms with Crippen molar-refractivity contribution in [2.45, 2.75) is 51.6 Å². The average molecular weight is 414 g/mol. The molecule has 0 aliphatic carbocycles. The molecular formula is C24H31NO5. The maximum Gasteiger partial charge on any atom is 0.407 e. The van der Waals surface area contributed by atoms with Crippen molar-refractivity contribution in [1.82, 2.24) is 5.32 Å². The fraction of sp³-hybridized carbons (Fsp3) is 0.417. The van der Waals surface area contributed by atoms with Crippen molar-refractivity contribution in [3.05, 3.63) is 65.7 Å². The molecule has 30 heavy (non-hydrogen) atoms. The molecule has 2 aromatic carbocycles. The number of aliphatic carboxylic acids is 1. The summed E-state index contributed by atoms with van der Waals surface area (Å²) in [5.74, 6) is -0.135. The first-order valence-corrected chi connectivity index (χ1v) is 10.2. The van der Waals surface area contributed by atoms with Gasteiger partial charge in [-0.05, 0) is 62.8 Å². The van der Waals surface area contributed by atoms with Crippen LogP contribution in [0.3, 0.4) is 0 Å². The predicted molar refractivity (Wildman–Crippen MR) is 116 cm³/mol. The van der Waals surface area contributed by atoms with Crippen molar-refractivity contribution in [3.8, 4) is 5.75 Å². The minimum Gasteiger partial charge on any atom is -0.494 e. The fourth-order valence-electron chi connectivity index (χ4n) is 3.02. The van der Waals surface area contributed by atoms with Crippen LogP contribution in [0.5, 0.6) is 5.75 Å². The molecule has 6 heteroatoms. The Kier molecular flexibility index (Phi) is 8.71. The summed E-state index contributed by atoms with van der Waals surface area (Å²) in [6.45, 7) is 6.41. The molecule has 2 aromatic rings. The number of carboxylic acid groups (broad SMARTS) is 1. The molecule has 0 spiro atoms. The van der Waals surface area contributed by atoms with E-state index in [0.717, 1.165) is 16.9 Å². The van der Waals surface area contributed by atoms with E-state index >= 15 is 0 Å². The highest BCUT2D eigenvalue weighted by molar-refractivity contribution is 5.68. The van der Waals surface area contributed by atoms with Crippen molar-refractivity contribution in [2.24, 2.45) is 0 Å². The van der Waals surface area contributed by atoms with E-state index in [1.807, 2.05) is 75.4 Å². The Morgan fingerprint density at radius 1 is 1.03 bits per heavy atom. The van der Waals surface area contributed by atoms with E-state index < -0.39 is 17.7 Å². The maximum atomic E-state index is 11.6. The average Bonchev–Trinajstić information content (AvgIpc) is 2.67. The van der Waals surface area contributed by atoms with Crippen LogP contribution in [0, 0.1) is 0 Å². The predicted octanol–water partition coefficient (Wildman–Crippen LogP) is 4.78. The van der Waals surface area contributed by atoms with E-state index in [1.54, 1.807) is 0 Å². The summed E-state index contributed by atoms with van der Waals surface area (Å²) in [4.78, 5) is 22.8. The van der Waals surface area contributed by atoms with Crippen LogP contribution in [-0.4, -0.2) is 35.9 Å². The van der Waals surface area contributed by atoms with Gasteiger partial charge in [0.05, 0.1) is 13.0 Å². The Balaban J connectivity index is 1.78. The number of carbonyl (C=O) groups excluding carboxylic acids is 1. The van der Waals surface area contributed by atoms with Gasteiger partial charge in [-0.15, -0.1) is 0 Å². The van der Waals surface area contributed by atoms with Crippen LogP contribution in [-0.2, 0) is 16.0 Å². The molecule has 6 nitrogen and oxygen atoms in total. The van der Waals surface area contributed by atoms with E-state index in [2.05, 4.69) is 5.32 Å². The van der Waals surface area contributed by atoms with Gasteiger partial charge in [-0.3, -0.25) is 4.79 Å². The summed E-state index contributed by atoms with van der Waals surface area (Å²) in [5.41, 5.74) is 1.58. The zero-order valence-electron chi connectivity index (χ0n) is 17.9. The second kappa shape index (κ2) is 11.2. The Morgan fingerprint density at radius 3 is 2.30 bits per heavy atom. The van der Waals surface area contributed by atoms with Crippen molar-refractivity contribution in [2.75, 3.05) is 13.2 Å². The van der Waals surface area contributed by atoms with Gasteiger partial charge in [-0.25, -0.2) is 4.79 Å². The Morgan fingerprint density at radius 2 is 1.70 bits per heavy atom. The number of hydrogen-bond acceptors (Lipinski definition) is 4. The van der Waals surface area contributed by atoms with Gasteiger partial charge >= 0.3 is 12.1 Å². The summed E-state index contributed by atoms with van der Waals surface area (Å²) < 4.78 is 10.9. The number of ether oxygens (including phenoxy) is 2. The van der Waals surface area contributed by atoms with Gasteiger partial charge < -0.3 is 19.9 Å². The highest BCUT2D eigenvalue weighted by atomic mass is 16.6. The monoisotopic (exact) mass is 413 g/mol. The third-order valence-corrected chi connectivity index (χ3v) is 4.36. The van der Waals surface area contributed by atoms with Gasteiger partial charge in [0.1, 0.15) is 11.4 Å². The van der Waals surface area contributed by atoms with E-state index in [4.69, 9.17) is 9.47 Å². The summed E-state index contributed by atoms with van der Waals surface area (Å²) in [5, 5.41) is 11.9. The summed E-state index contributed by atoms with van der Waals surface area (Å²) >= 11 is 0. The molecule has 1 atom stereocenters. The lowest BCUT2D eigenvalue weighted by atomic mass is 9.89. The molecule has 0 aliphatic heterocycles. The van der Waals surface area contributed by atoms with Crippen LogP contribution in [0.25, 0.3) is 0 Å². The minimum atomic E-state index is -0.802. The second-order valence-corrected chi connectivity index (χ2v) is 8.18. The minimum absolute atomic E-state index is 0.0746. The number of carbonyl (C=O) groups is 2. The summed E-state index contributed by atoms with van der Waals surface area (Å²) in [6, 6.07) is 17.4. The molecule has 2 rings (SSSR count). The number of nitrogens with one attached hydrogen (secondary N) is 1. The smallest absolute Gasteiger partial charge is 0.407 e. The highest BCUT2D eigenvalue weighted by Crippen LogP contribution is 2.25. The van der Waals surface area contributed by atoms with Crippen LogP contribution in [0.4, 0.5) is 4.79 Å². The summed E-state index contributed by atoms with van der Waals surface area (Å²) in [6.07, 6.45) is 0.972. The van der Waals surface area contributed by atoms with E-state index in [-0.39, 0.29) is 12.3 Å². The first kappa shape index (κ1) is 23.3. The van der Waals surface area contributed by atoms with Crippen molar-refractivity contribution in [3.63, 3.8) is 0 Å². The van der Waals surface area contributed by atoms with Crippen molar-refractivity contribution < 1.29 is 24.2 Å². The van der Waals surface area contributed by atoms with Gasteiger partial charge in [0, 0.05) is 6.54 Å². The standard InChI is InChI=1S/C24H31NO5/c1-24(2,3)30-23(28)25-14-7-15-29-21-12-10-18(11-13-21)16-20(17-22(26)27)19-8-5-4-6-9-19/h4-6,8-13,20H,7,14-17H2,1-3H3,(H,25,28)(H,26,27). The van der Waals surface area contributed by atoms with Gasteiger partial charge in [0.2, 0.25) is 0 Å². The first-order valence-electron chi connectivity index (χ1n) is 10.2. The Hall–Kier alpha value is -3.02. The lowest BCUT2D eigenvalue weighted by molar-refractivity contribution is -0.137. The molecule has 0 radical (unpaired) electrons. The molecule has 0 aliphatic rings. The zero-order valence-corrected chi connectivity index (χ0v) is 17.9. The Labute approximate surface area is 178 Å². The molecule has 0 heterocycles. The molecule has 0 fully saturated rings. The molecule has 0 saturated carbocycles. The number of benzene rings is 2. The zero-order chi connectivity index (χ0) is 22.0. The Bertz CT molecular complexity index is 797. The maximum absolute atomic E-state index is 11.6. The highest BCUT2D eigenvalue weighted by Gasteiger charge is 2.17. The van der Waals surface area contributed by atoms with Crippen molar-refractivity contribution in [1.29, 1.82) is 0 Å². The third-order valence-electron chi connectivity index (χ3n) is 4.36. The van der Waals surface area contributed by atoms with E-state index in [9.17, 15) is 14.7 Å². The fourth-order valence-corrected chi connectivity index (χ4v) is 3.02. The lowest BCUT2D eigenvalue weighted by Crippen LogP contribution is -2.33. The van der Waals surface area contributed by atoms with Gasteiger partial charge in [-0.1, -0.05) is 42.5 Å². The SMILES string of the molecule is CC(C)(C)OC(=O)NCCCOc1ccc(CC(CC(=O)O)c2ccccc2)cc1. The molecule has 0 aromatic heterocycles. The molecule has 1 unspecified atom stereocenters. The first-order chi connectivity index (χ1) is 14.2. The van der Waals surface area contributed by atoms with Gasteiger partial charge in [0.15, 0.2) is 0 Å². The molecule has 0 saturated heterocycles. The van der Waals surface area contributed by atoms with E-state index in [0.29, 0.717) is 26.0 Å². The van der Waals surface area contributed by atoms with Crippen LogP contribution in [0.2, 0.25) is 0 Å². The lowest BCUT2D eigenvalue weighted by Gasteiger charge is -2.19. The second-order valence-electron chi connectivity index (χ2n) is 8.18. The molecular weight excluding hydrogens is 382 g/mol. The quantitative estimate of drug-likeness (QED) is 0.548. The van der Waals surface area contributed by atoms with Crippen LogP contribution in [0.15, 0.2) is 54.6 Å². The number of hydrogen-bond donors (Lipinski definition) is 2.